The van der Waals surface area contributed by atoms with Crippen LogP contribution < -0.4 is 0 Å². The van der Waals surface area contributed by atoms with Crippen molar-refractivity contribution >= 4 is 0 Å². The van der Waals surface area contributed by atoms with Gasteiger partial charge in [0.05, 0.1) is 25.4 Å². The molecule has 1 aromatic rings. The van der Waals surface area contributed by atoms with E-state index in [-0.39, 0.29) is 30.7 Å². The third kappa shape index (κ3) is 5.28. The Bertz CT molecular complexity index is 460. The van der Waals surface area contributed by atoms with Gasteiger partial charge in [-0.3, -0.25) is 0 Å². The summed E-state index contributed by atoms with van der Waals surface area (Å²) in [4.78, 5) is 0. The van der Waals surface area contributed by atoms with Crippen molar-refractivity contribution in [3.63, 3.8) is 0 Å². The second-order valence-corrected chi connectivity index (χ2v) is 6.97. The van der Waals surface area contributed by atoms with Gasteiger partial charge in [0.1, 0.15) is 0 Å². The van der Waals surface area contributed by atoms with Crippen molar-refractivity contribution in [2.24, 2.45) is 11.8 Å². The Balaban J connectivity index is 2.02. The predicted octanol–water partition coefficient (Wildman–Crippen LogP) is 3.38. The molecule has 4 nitrogen and oxygen atoms in total. The SMILES string of the molecule is C[C@H]([C@H](OCc1ccccc1)[C@H](C)CO)[C@H]1CCOC(C)(C)O1. The predicted molar refractivity (Wildman–Crippen MR) is 90.0 cm³/mol. The summed E-state index contributed by atoms with van der Waals surface area (Å²) < 4.78 is 17.9. The molecule has 4 heteroatoms. The molecule has 130 valence electrons. The van der Waals surface area contributed by atoms with E-state index in [9.17, 15) is 5.11 Å². The standard InChI is InChI=1S/C19H30O4/c1-14(12-20)18(21-13-16-8-6-5-7-9-16)15(2)17-10-11-22-19(3,4)23-17/h5-9,14-15,17-18,20H,10-13H2,1-4H3/t14-,15+,17-,18-/m1/s1. The van der Waals surface area contributed by atoms with E-state index in [0.29, 0.717) is 13.2 Å². The molecular weight excluding hydrogens is 292 g/mol. The minimum absolute atomic E-state index is 0.0564. The van der Waals surface area contributed by atoms with E-state index in [4.69, 9.17) is 14.2 Å². The smallest absolute Gasteiger partial charge is 0.163 e. The number of aliphatic hydroxyl groups excluding tert-OH is 1. The second kappa shape index (κ2) is 8.25. The molecule has 1 aliphatic heterocycles. The molecule has 0 bridgehead atoms. The zero-order valence-corrected chi connectivity index (χ0v) is 14.7. The first-order chi connectivity index (χ1) is 10.9. The van der Waals surface area contributed by atoms with Crippen LogP contribution in [0.5, 0.6) is 0 Å². The Morgan fingerprint density at radius 1 is 1.26 bits per heavy atom. The van der Waals surface area contributed by atoms with E-state index >= 15 is 0 Å². The highest BCUT2D eigenvalue weighted by atomic mass is 16.7. The maximum Gasteiger partial charge on any atom is 0.163 e. The van der Waals surface area contributed by atoms with Crippen LogP contribution in [-0.4, -0.2) is 36.3 Å². The zero-order valence-electron chi connectivity index (χ0n) is 14.7. The zero-order chi connectivity index (χ0) is 16.9. The van der Waals surface area contributed by atoms with Crippen LogP contribution in [-0.2, 0) is 20.8 Å². The average molecular weight is 322 g/mol. The van der Waals surface area contributed by atoms with Crippen LogP contribution in [0.3, 0.4) is 0 Å². The highest BCUT2D eigenvalue weighted by Crippen LogP contribution is 2.31. The molecule has 2 rings (SSSR count). The Kier molecular flexibility index (Phi) is 6.60. The van der Waals surface area contributed by atoms with Crippen LogP contribution >= 0.6 is 0 Å². The van der Waals surface area contributed by atoms with Gasteiger partial charge in [0, 0.05) is 18.4 Å². The lowest BCUT2D eigenvalue weighted by Crippen LogP contribution is -2.47. The number of hydrogen-bond acceptors (Lipinski definition) is 4. The normalized spacial score (nSPS) is 24.8. The van der Waals surface area contributed by atoms with Crippen molar-refractivity contribution < 1.29 is 19.3 Å². The van der Waals surface area contributed by atoms with Gasteiger partial charge in [-0.1, -0.05) is 44.2 Å². The molecule has 0 spiro atoms. The van der Waals surface area contributed by atoms with Crippen molar-refractivity contribution in [1.29, 1.82) is 0 Å². The van der Waals surface area contributed by atoms with E-state index in [1.807, 2.05) is 39.0 Å². The molecular formula is C19H30O4. The molecule has 23 heavy (non-hydrogen) atoms. The van der Waals surface area contributed by atoms with Crippen molar-refractivity contribution in [3.8, 4) is 0 Å². The largest absolute Gasteiger partial charge is 0.396 e. The molecule has 0 aliphatic carbocycles. The van der Waals surface area contributed by atoms with Crippen molar-refractivity contribution in [3.05, 3.63) is 35.9 Å². The van der Waals surface area contributed by atoms with Gasteiger partial charge >= 0.3 is 0 Å². The molecule has 0 radical (unpaired) electrons. The number of ether oxygens (including phenoxy) is 3. The molecule has 1 saturated heterocycles. The van der Waals surface area contributed by atoms with Crippen LogP contribution in [0.15, 0.2) is 30.3 Å². The summed E-state index contributed by atoms with van der Waals surface area (Å²) in [5.41, 5.74) is 1.14. The topological polar surface area (TPSA) is 47.9 Å². The van der Waals surface area contributed by atoms with E-state index in [1.54, 1.807) is 0 Å². The number of aliphatic hydroxyl groups is 1. The van der Waals surface area contributed by atoms with Crippen LogP contribution in [0.4, 0.5) is 0 Å². The molecule has 4 atom stereocenters. The molecule has 0 aromatic heterocycles. The first kappa shape index (κ1) is 18.4. The van der Waals surface area contributed by atoms with Crippen molar-refractivity contribution in [2.75, 3.05) is 13.2 Å². The summed E-state index contributed by atoms with van der Waals surface area (Å²) in [5.74, 6) is -0.309. The second-order valence-electron chi connectivity index (χ2n) is 6.97. The summed E-state index contributed by atoms with van der Waals surface area (Å²) in [6, 6.07) is 10.1. The van der Waals surface area contributed by atoms with Gasteiger partial charge in [-0.05, 0) is 25.8 Å². The Morgan fingerprint density at radius 2 is 1.96 bits per heavy atom. The molecule has 1 N–H and O–H groups in total. The van der Waals surface area contributed by atoms with Gasteiger partial charge in [-0.25, -0.2) is 0 Å². The molecule has 1 aromatic carbocycles. The Hall–Kier alpha value is -0.940. The van der Waals surface area contributed by atoms with Crippen LogP contribution in [0.25, 0.3) is 0 Å². The maximum absolute atomic E-state index is 9.61. The van der Waals surface area contributed by atoms with E-state index < -0.39 is 5.79 Å². The third-order valence-electron chi connectivity index (χ3n) is 4.53. The molecule has 1 fully saturated rings. The van der Waals surface area contributed by atoms with Gasteiger partial charge in [0.2, 0.25) is 0 Å². The molecule has 0 saturated carbocycles. The third-order valence-corrected chi connectivity index (χ3v) is 4.53. The van der Waals surface area contributed by atoms with Gasteiger partial charge < -0.3 is 19.3 Å². The van der Waals surface area contributed by atoms with Gasteiger partial charge in [0.15, 0.2) is 5.79 Å². The Morgan fingerprint density at radius 3 is 2.57 bits per heavy atom. The monoisotopic (exact) mass is 322 g/mol. The van der Waals surface area contributed by atoms with Gasteiger partial charge in [-0.2, -0.15) is 0 Å². The molecule has 1 heterocycles. The van der Waals surface area contributed by atoms with Gasteiger partial charge in [-0.15, -0.1) is 0 Å². The van der Waals surface area contributed by atoms with Crippen LogP contribution in [0.2, 0.25) is 0 Å². The van der Waals surface area contributed by atoms with Gasteiger partial charge in [0.25, 0.3) is 0 Å². The maximum atomic E-state index is 9.61. The van der Waals surface area contributed by atoms with E-state index in [2.05, 4.69) is 19.1 Å². The average Bonchev–Trinajstić information content (AvgIpc) is 2.54. The summed E-state index contributed by atoms with van der Waals surface area (Å²) >= 11 is 0. The highest BCUT2D eigenvalue weighted by molar-refractivity contribution is 5.13. The first-order valence-electron chi connectivity index (χ1n) is 8.51. The Labute approximate surface area is 139 Å². The minimum atomic E-state index is -0.552. The molecule has 0 unspecified atom stereocenters. The summed E-state index contributed by atoms with van der Waals surface area (Å²) in [6.45, 7) is 9.41. The van der Waals surface area contributed by atoms with Crippen LogP contribution in [0.1, 0.15) is 39.7 Å². The van der Waals surface area contributed by atoms with E-state index in [0.717, 1.165) is 12.0 Å². The van der Waals surface area contributed by atoms with E-state index in [1.165, 1.54) is 0 Å². The quantitative estimate of drug-likeness (QED) is 0.836. The van der Waals surface area contributed by atoms with Crippen molar-refractivity contribution in [1.82, 2.24) is 0 Å². The first-order valence-corrected chi connectivity index (χ1v) is 8.51. The van der Waals surface area contributed by atoms with Crippen LogP contribution in [0, 0.1) is 11.8 Å². The molecule has 0 amide bonds. The highest BCUT2D eigenvalue weighted by Gasteiger charge is 2.37. The summed E-state index contributed by atoms with van der Waals surface area (Å²) in [7, 11) is 0. The number of hydrogen-bond donors (Lipinski definition) is 1. The fraction of sp³-hybridized carbons (Fsp3) is 0.684. The van der Waals surface area contributed by atoms with Crippen molar-refractivity contribution in [2.45, 2.75) is 58.7 Å². The lowest BCUT2D eigenvalue weighted by Gasteiger charge is -2.41. The molecule has 1 aliphatic rings. The summed E-state index contributed by atoms with van der Waals surface area (Å²) in [5, 5.41) is 9.61. The minimum Gasteiger partial charge on any atom is -0.396 e. The number of benzene rings is 1. The summed E-state index contributed by atoms with van der Waals surface area (Å²) in [6.07, 6.45) is 0.876. The fourth-order valence-corrected chi connectivity index (χ4v) is 3.16. The number of rotatable bonds is 7. The lowest BCUT2D eigenvalue weighted by molar-refractivity contribution is -0.288. The lowest BCUT2D eigenvalue weighted by atomic mass is 9.87. The fourth-order valence-electron chi connectivity index (χ4n) is 3.16.